The van der Waals surface area contributed by atoms with Crippen LogP contribution in [0.3, 0.4) is 0 Å². The molecule has 0 spiro atoms. The highest BCUT2D eigenvalue weighted by Crippen LogP contribution is 2.13. The summed E-state index contributed by atoms with van der Waals surface area (Å²) in [6, 6.07) is 8.47. The molecule has 1 heterocycles. The van der Waals surface area contributed by atoms with E-state index in [1.807, 2.05) is 0 Å². The summed E-state index contributed by atoms with van der Waals surface area (Å²) in [5, 5.41) is 3.28. The van der Waals surface area contributed by atoms with Crippen molar-refractivity contribution in [2.24, 2.45) is 0 Å². The number of aromatic nitrogens is 2. The van der Waals surface area contributed by atoms with Crippen LogP contribution in [0.15, 0.2) is 42.7 Å². The normalized spacial score (nSPS) is 9.81. The minimum atomic E-state index is -0.345. The predicted octanol–water partition coefficient (Wildman–Crippen LogP) is 2.38. The highest BCUT2D eigenvalue weighted by Gasteiger charge is 2.07. The van der Waals surface area contributed by atoms with Gasteiger partial charge in [0.2, 0.25) is 5.82 Å². The molecule has 16 heavy (non-hydrogen) atoms. The van der Waals surface area contributed by atoms with Crippen LogP contribution >= 0.6 is 11.6 Å². The van der Waals surface area contributed by atoms with Gasteiger partial charge in [0.05, 0.1) is 0 Å². The third-order valence-electron chi connectivity index (χ3n) is 1.87. The van der Waals surface area contributed by atoms with E-state index in [9.17, 15) is 4.79 Å². The average Bonchev–Trinajstić information content (AvgIpc) is 2.33. The zero-order valence-electron chi connectivity index (χ0n) is 8.22. The summed E-state index contributed by atoms with van der Waals surface area (Å²) in [5.41, 5.74) is 0.654. The van der Waals surface area contributed by atoms with Crippen LogP contribution in [0, 0.1) is 0 Å². The van der Waals surface area contributed by atoms with Crippen molar-refractivity contribution in [1.29, 1.82) is 0 Å². The van der Waals surface area contributed by atoms with Gasteiger partial charge in [-0.15, -0.1) is 0 Å². The molecule has 0 aliphatic carbocycles. The van der Waals surface area contributed by atoms with Crippen LogP contribution in [0.5, 0.6) is 0 Å². The SMILES string of the molecule is O=C(Nc1ccc(Cl)cc1)c1ncccn1. The zero-order chi connectivity index (χ0) is 11.4. The van der Waals surface area contributed by atoms with Crippen molar-refractivity contribution in [2.75, 3.05) is 5.32 Å². The van der Waals surface area contributed by atoms with Crippen LogP contribution in [0.4, 0.5) is 5.69 Å². The lowest BCUT2D eigenvalue weighted by molar-refractivity contribution is 0.101. The van der Waals surface area contributed by atoms with Crippen LogP contribution in [-0.4, -0.2) is 15.9 Å². The molecule has 0 saturated carbocycles. The van der Waals surface area contributed by atoms with Gasteiger partial charge in [0.25, 0.3) is 5.91 Å². The molecule has 80 valence electrons. The maximum absolute atomic E-state index is 11.6. The molecule has 4 nitrogen and oxygen atoms in total. The summed E-state index contributed by atoms with van der Waals surface area (Å²) < 4.78 is 0. The summed E-state index contributed by atoms with van der Waals surface area (Å²) >= 11 is 5.73. The van der Waals surface area contributed by atoms with Gasteiger partial charge in [-0.25, -0.2) is 9.97 Å². The summed E-state index contributed by atoms with van der Waals surface area (Å²) in [4.78, 5) is 19.3. The number of halogens is 1. The molecular formula is C11H8ClN3O. The quantitative estimate of drug-likeness (QED) is 0.867. The first-order valence-corrected chi connectivity index (χ1v) is 4.97. The molecule has 0 aliphatic rings. The largest absolute Gasteiger partial charge is 0.319 e. The monoisotopic (exact) mass is 233 g/mol. The fraction of sp³-hybridized carbons (Fsp3) is 0. The summed E-state index contributed by atoms with van der Waals surface area (Å²) in [6.45, 7) is 0. The number of nitrogens with one attached hydrogen (secondary N) is 1. The van der Waals surface area contributed by atoms with Gasteiger partial charge < -0.3 is 5.32 Å². The fourth-order valence-electron chi connectivity index (χ4n) is 1.14. The van der Waals surface area contributed by atoms with E-state index in [1.165, 1.54) is 12.4 Å². The minimum absolute atomic E-state index is 0.137. The number of carbonyl (C=O) groups excluding carboxylic acids is 1. The second-order valence-corrected chi connectivity index (χ2v) is 3.47. The Kier molecular flexibility index (Phi) is 3.12. The van der Waals surface area contributed by atoms with Crippen LogP contribution in [0.1, 0.15) is 10.6 Å². The van der Waals surface area contributed by atoms with E-state index in [2.05, 4.69) is 15.3 Å². The van der Waals surface area contributed by atoms with Crippen LogP contribution in [0.25, 0.3) is 0 Å². The number of benzene rings is 1. The van der Waals surface area contributed by atoms with Crippen LogP contribution in [-0.2, 0) is 0 Å². The van der Waals surface area contributed by atoms with Gasteiger partial charge in [-0.2, -0.15) is 0 Å². The number of amides is 1. The van der Waals surface area contributed by atoms with Gasteiger partial charge in [-0.05, 0) is 30.3 Å². The molecule has 1 aromatic carbocycles. The van der Waals surface area contributed by atoms with E-state index in [-0.39, 0.29) is 11.7 Å². The van der Waals surface area contributed by atoms with E-state index in [0.29, 0.717) is 10.7 Å². The Labute approximate surface area is 97.3 Å². The summed E-state index contributed by atoms with van der Waals surface area (Å²) in [6.07, 6.45) is 3.04. The molecule has 1 N–H and O–H groups in total. The molecule has 1 aromatic heterocycles. The Morgan fingerprint density at radius 1 is 1.12 bits per heavy atom. The van der Waals surface area contributed by atoms with Gasteiger partial charge in [-0.1, -0.05) is 11.6 Å². The number of carbonyl (C=O) groups is 1. The van der Waals surface area contributed by atoms with Gasteiger partial charge >= 0.3 is 0 Å². The lowest BCUT2D eigenvalue weighted by Crippen LogP contribution is -2.14. The van der Waals surface area contributed by atoms with E-state index in [4.69, 9.17) is 11.6 Å². The maximum atomic E-state index is 11.6. The van der Waals surface area contributed by atoms with E-state index in [1.54, 1.807) is 30.3 Å². The first kappa shape index (κ1) is 10.6. The molecule has 5 heteroatoms. The summed E-state index contributed by atoms with van der Waals surface area (Å²) in [7, 11) is 0. The average molecular weight is 234 g/mol. The first-order valence-electron chi connectivity index (χ1n) is 4.59. The lowest BCUT2D eigenvalue weighted by atomic mass is 10.3. The smallest absolute Gasteiger partial charge is 0.293 e. The Balaban J connectivity index is 2.11. The number of rotatable bonds is 2. The number of hydrogen-bond acceptors (Lipinski definition) is 3. The molecule has 0 unspecified atom stereocenters. The zero-order valence-corrected chi connectivity index (χ0v) is 8.98. The van der Waals surface area contributed by atoms with E-state index < -0.39 is 0 Å². The summed E-state index contributed by atoms with van der Waals surface area (Å²) in [5.74, 6) is -0.208. The van der Waals surface area contributed by atoms with E-state index >= 15 is 0 Å². The minimum Gasteiger partial charge on any atom is -0.319 e. The van der Waals surface area contributed by atoms with Crippen LogP contribution in [0.2, 0.25) is 5.02 Å². The highest BCUT2D eigenvalue weighted by molar-refractivity contribution is 6.30. The van der Waals surface area contributed by atoms with Gasteiger partial charge in [0, 0.05) is 23.1 Å². The molecule has 0 radical (unpaired) electrons. The van der Waals surface area contributed by atoms with Crippen molar-refractivity contribution in [1.82, 2.24) is 9.97 Å². The fourth-order valence-corrected chi connectivity index (χ4v) is 1.26. The van der Waals surface area contributed by atoms with Crippen molar-refractivity contribution in [3.8, 4) is 0 Å². The molecule has 0 atom stereocenters. The molecule has 0 bridgehead atoms. The third kappa shape index (κ3) is 2.55. The van der Waals surface area contributed by atoms with Gasteiger partial charge in [-0.3, -0.25) is 4.79 Å². The molecule has 0 saturated heterocycles. The number of nitrogens with zero attached hydrogens (tertiary/aromatic N) is 2. The van der Waals surface area contributed by atoms with Crippen molar-refractivity contribution >= 4 is 23.2 Å². The number of anilines is 1. The Morgan fingerprint density at radius 3 is 2.38 bits per heavy atom. The van der Waals surface area contributed by atoms with Crippen molar-refractivity contribution in [3.63, 3.8) is 0 Å². The van der Waals surface area contributed by atoms with E-state index in [0.717, 1.165) is 0 Å². The van der Waals surface area contributed by atoms with Crippen LogP contribution < -0.4 is 5.32 Å². The highest BCUT2D eigenvalue weighted by atomic mass is 35.5. The van der Waals surface area contributed by atoms with Crippen molar-refractivity contribution in [2.45, 2.75) is 0 Å². The standard InChI is InChI=1S/C11H8ClN3O/c12-8-2-4-9(5-3-8)15-11(16)10-13-6-1-7-14-10/h1-7H,(H,15,16). The molecule has 1 amide bonds. The molecule has 2 rings (SSSR count). The first-order chi connectivity index (χ1) is 7.75. The van der Waals surface area contributed by atoms with Crippen molar-refractivity contribution < 1.29 is 4.79 Å². The van der Waals surface area contributed by atoms with Gasteiger partial charge in [0.1, 0.15) is 0 Å². The predicted molar refractivity (Wildman–Crippen MR) is 61.4 cm³/mol. The molecule has 0 fully saturated rings. The molecule has 0 aliphatic heterocycles. The Morgan fingerprint density at radius 2 is 1.75 bits per heavy atom. The van der Waals surface area contributed by atoms with Gasteiger partial charge in [0.15, 0.2) is 0 Å². The molecular weight excluding hydrogens is 226 g/mol. The topological polar surface area (TPSA) is 54.9 Å². The van der Waals surface area contributed by atoms with Crippen molar-refractivity contribution in [3.05, 3.63) is 53.6 Å². The lowest BCUT2D eigenvalue weighted by Gasteiger charge is -2.03. The Bertz CT molecular complexity index is 484. The Hall–Kier alpha value is -1.94. The second-order valence-electron chi connectivity index (χ2n) is 3.03. The number of hydrogen-bond donors (Lipinski definition) is 1. The molecule has 2 aromatic rings. The second kappa shape index (κ2) is 4.72. The maximum Gasteiger partial charge on any atom is 0.293 e. The third-order valence-corrected chi connectivity index (χ3v) is 2.12.